The molecule has 0 aliphatic rings. The van der Waals surface area contributed by atoms with Crippen molar-refractivity contribution in [3.63, 3.8) is 0 Å². The van der Waals surface area contributed by atoms with E-state index < -0.39 is 0 Å². The fraction of sp³-hybridized carbons (Fsp3) is 0.0833. The molecule has 1 aromatic heterocycles. The molecule has 5 nitrogen and oxygen atoms in total. The molecule has 0 aliphatic carbocycles. The minimum absolute atomic E-state index is 0.378. The molecule has 0 bridgehead atoms. The summed E-state index contributed by atoms with van der Waals surface area (Å²) in [6.07, 6.45) is 3.03. The second-order valence-corrected chi connectivity index (χ2v) is 4.35. The second kappa shape index (κ2) is 5.71. The van der Waals surface area contributed by atoms with E-state index in [0.717, 1.165) is 11.3 Å². The number of anilines is 3. The highest BCUT2D eigenvalue weighted by Gasteiger charge is 2.09. The van der Waals surface area contributed by atoms with E-state index in [9.17, 15) is 0 Å². The fourth-order valence-electron chi connectivity index (χ4n) is 1.64. The Kier molecular flexibility index (Phi) is 4.01. The van der Waals surface area contributed by atoms with Gasteiger partial charge in [0.15, 0.2) is 0 Å². The van der Waals surface area contributed by atoms with Gasteiger partial charge in [-0.1, -0.05) is 17.7 Å². The number of hydrogen-bond donors (Lipinski definition) is 2. The van der Waals surface area contributed by atoms with Crippen molar-refractivity contribution >= 4 is 43.1 Å². The number of hydrogen-bond acceptors (Lipinski definition) is 5. The van der Waals surface area contributed by atoms with Crippen LogP contribution < -0.4 is 11.1 Å². The molecule has 0 unspecified atom stereocenters. The summed E-state index contributed by atoms with van der Waals surface area (Å²) in [6.45, 7) is 1.93. The Balaban J connectivity index is 2.44. The van der Waals surface area contributed by atoms with Crippen LogP contribution in [0.3, 0.4) is 0 Å². The Labute approximate surface area is 117 Å². The smallest absolute Gasteiger partial charge is 0.244 e. The van der Waals surface area contributed by atoms with E-state index >= 15 is 0 Å². The van der Waals surface area contributed by atoms with Crippen LogP contribution in [0.5, 0.6) is 0 Å². The first-order valence-corrected chi connectivity index (χ1v) is 6.06. The van der Waals surface area contributed by atoms with E-state index in [1.54, 1.807) is 14.2 Å². The Morgan fingerprint density at radius 3 is 2.95 bits per heavy atom. The van der Waals surface area contributed by atoms with Gasteiger partial charge in [-0.2, -0.15) is 0 Å². The first-order chi connectivity index (χ1) is 9.13. The summed E-state index contributed by atoms with van der Waals surface area (Å²) in [5.41, 5.74) is 8.29. The summed E-state index contributed by atoms with van der Waals surface area (Å²) in [6, 6.07) is 5.63. The Morgan fingerprint density at radius 1 is 1.42 bits per heavy atom. The van der Waals surface area contributed by atoms with Crippen LogP contribution in [0.15, 0.2) is 29.4 Å². The average Bonchev–Trinajstić information content (AvgIpc) is 2.39. The van der Waals surface area contributed by atoms with Crippen molar-refractivity contribution in [1.29, 1.82) is 0 Å². The maximum absolute atomic E-state index is 6.09. The van der Waals surface area contributed by atoms with Crippen LogP contribution in [-0.4, -0.2) is 24.2 Å². The number of aromatic nitrogens is 2. The van der Waals surface area contributed by atoms with Crippen LogP contribution >= 0.6 is 11.6 Å². The molecule has 0 saturated carbocycles. The SMILES string of the molecule is B/N=C/c1c(N)ncnc1Nc1cccc(Cl)c1C. The predicted octanol–water partition coefficient (Wildman–Crippen LogP) is 1.73. The second-order valence-electron chi connectivity index (χ2n) is 3.95. The van der Waals surface area contributed by atoms with Crippen molar-refractivity contribution in [2.45, 2.75) is 6.92 Å². The highest BCUT2D eigenvalue weighted by molar-refractivity contribution is 6.31. The zero-order valence-electron chi connectivity index (χ0n) is 10.7. The summed E-state index contributed by atoms with van der Waals surface area (Å²) >= 11 is 6.09. The number of halogens is 1. The first kappa shape index (κ1) is 13.4. The van der Waals surface area contributed by atoms with Crippen molar-refractivity contribution in [1.82, 2.24) is 9.97 Å². The number of nitrogens with one attached hydrogen (secondary N) is 1. The number of nitrogen functional groups attached to an aromatic ring is 1. The van der Waals surface area contributed by atoms with Crippen LogP contribution in [0.25, 0.3) is 0 Å². The van der Waals surface area contributed by atoms with Crippen LogP contribution in [-0.2, 0) is 0 Å². The van der Waals surface area contributed by atoms with Gasteiger partial charge in [0.1, 0.15) is 18.0 Å². The van der Waals surface area contributed by atoms with E-state index in [4.69, 9.17) is 17.3 Å². The minimum atomic E-state index is 0.378. The zero-order chi connectivity index (χ0) is 13.8. The Hall–Kier alpha value is -2.08. The highest BCUT2D eigenvalue weighted by atomic mass is 35.5. The van der Waals surface area contributed by atoms with Gasteiger partial charge in [-0.15, -0.1) is 0 Å². The Morgan fingerprint density at radius 2 is 2.21 bits per heavy atom. The number of nitrogens with zero attached hydrogens (tertiary/aromatic N) is 3. The van der Waals surface area contributed by atoms with E-state index in [1.807, 2.05) is 25.1 Å². The molecule has 3 N–H and O–H groups in total. The van der Waals surface area contributed by atoms with Crippen molar-refractivity contribution in [3.8, 4) is 0 Å². The molecule has 0 fully saturated rings. The monoisotopic (exact) mass is 273 g/mol. The van der Waals surface area contributed by atoms with E-state index in [-0.39, 0.29) is 0 Å². The molecule has 1 heterocycles. The number of nitrogens with two attached hydrogens (primary N) is 1. The zero-order valence-corrected chi connectivity index (χ0v) is 11.4. The van der Waals surface area contributed by atoms with Crippen LogP contribution in [0.2, 0.25) is 5.02 Å². The largest absolute Gasteiger partial charge is 0.383 e. The summed E-state index contributed by atoms with van der Waals surface area (Å²) in [5, 5.41) is 3.89. The number of benzene rings is 1. The lowest BCUT2D eigenvalue weighted by Crippen LogP contribution is -2.05. The van der Waals surface area contributed by atoms with Gasteiger partial charge in [-0.05, 0) is 24.6 Å². The lowest BCUT2D eigenvalue weighted by Gasteiger charge is -2.12. The lowest BCUT2D eigenvalue weighted by molar-refractivity contribution is 1.17. The maximum Gasteiger partial charge on any atom is 0.244 e. The standard InChI is InChI=1S/C12H13BClN5/c1-7-9(14)3-2-4-10(7)19-12-8(5-18-13)11(15)16-6-17-12/h2-6H,13H2,1H3,(H3,15,16,17,19)/b18-5+. The first-order valence-electron chi connectivity index (χ1n) is 5.68. The van der Waals surface area contributed by atoms with E-state index in [1.165, 1.54) is 6.33 Å². The van der Waals surface area contributed by atoms with E-state index in [2.05, 4.69) is 20.2 Å². The molecular weight excluding hydrogens is 260 g/mol. The highest BCUT2D eigenvalue weighted by Crippen LogP contribution is 2.27. The fourth-order valence-corrected chi connectivity index (χ4v) is 1.81. The van der Waals surface area contributed by atoms with Gasteiger partial charge >= 0.3 is 0 Å². The third kappa shape index (κ3) is 2.85. The molecule has 0 atom stereocenters. The van der Waals surface area contributed by atoms with Gasteiger partial charge in [0, 0.05) is 16.9 Å². The molecule has 2 aromatic rings. The van der Waals surface area contributed by atoms with Gasteiger partial charge in [0.25, 0.3) is 0 Å². The lowest BCUT2D eigenvalue weighted by atomic mass is 10.2. The minimum Gasteiger partial charge on any atom is -0.383 e. The van der Waals surface area contributed by atoms with Crippen molar-refractivity contribution in [2.24, 2.45) is 4.90 Å². The molecule has 1 aromatic carbocycles. The van der Waals surface area contributed by atoms with Crippen molar-refractivity contribution in [2.75, 3.05) is 11.1 Å². The van der Waals surface area contributed by atoms with E-state index in [0.29, 0.717) is 22.2 Å². The molecule has 0 saturated heterocycles. The number of rotatable bonds is 3. The quantitative estimate of drug-likeness (QED) is 0.659. The van der Waals surface area contributed by atoms with Gasteiger partial charge in [-0.25, -0.2) is 9.97 Å². The van der Waals surface area contributed by atoms with Crippen molar-refractivity contribution in [3.05, 3.63) is 40.7 Å². The average molecular weight is 274 g/mol. The topological polar surface area (TPSA) is 76.2 Å². The molecule has 0 amide bonds. The summed E-state index contributed by atoms with van der Waals surface area (Å²) in [7, 11) is 1.67. The molecule has 2 rings (SSSR count). The van der Waals surface area contributed by atoms with Gasteiger partial charge in [0.05, 0.1) is 5.56 Å². The molecular formula is C12H13BClN5. The Bertz CT molecular complexity index is 630. The summed E-state index contributed by atoms with van der Waals surface area (Å²) in [5.74, 6) is 0.978. The summed E-state index contributed by atoms with van der Waals surface area (Å²) < 4.78 is 0. The summed E-state index contributed by atoms with van der Waals surface area (Å²) in [4.78, 5) is 12.1. The molecule has 7 heteroatoms. The van der Waals surface area contributed by atoms with Crippen LogP contribution in [0.1, 0.15) is 11.1 Å². The van der Waals surface area contributed by atoms with Crippen LogP contribution in [0, 0.1) is 6.92 Å². The maximum atomic E-state index is 6.09. The van der Waals surface area contributed by atoms with Crippen molar-refractivity contribution < 1.29 is 0 Å². The van der Waals surface area contributed by atoms with Crippen LogP contribution in [0.4, 0.5) is 17.3 Å². The molecule has 96 valence electrons. The van der Waals surface area contributed by atoms with Gasteiger partial charge in [0.2, 0.25) is 7.98 Å². The molecule has 0 radical (unpaired) electrons. The molecule has 0 spiro atoms. The molecule has 0 aliphatic heterocycles. The van der Waals surface area contributed by atoms with Gasteiger partial charge < -0.3 is 16.0 Å². The predicted molar refractivity (Wildman–Crippen MR) is 82.1 cm³/mol. The third-order valence-corrected chi connectivity index (χ3v) is 3.10. The normalized spacial score (nSPS) is 10.8. The molecule has 19 heavy (non-hydrogen) atoms. The van der Waals surface area contributed by atoms with Gasteiger partial charge in [-0.3, -0.25) is 0 Å². The third-order valence-electron chi connectivity index (χ3n) is 2.69.